The van der Waals surface area contributed by atoms with Crippen LogP contribution in [0.1, 0.15) is 50.1 Å². The van der Waals surface area contributed by atoms with E-state index in [1.54, 1.807) is 0 Å². The third-order valence-corrected chi connectivity index (χ3v) is 9.95. The molecule has 2 aliphatic rings. The quantitative estimate of drug-likeness (QED) is 0.213. The van der Waals surface area contributed by atoms with E-state index >= 15 is 0 Å². The second-order valence-corrected chi connectivity index (χ2v) is 13.0. The molecule has 0 radical (unpaired) electrons. The molecule has 43 heavy (non-hydrogen) atoms. The van der Waals surface area contributed by atoms with E-state index in [4.69, 9.17) is 9.97 Å². The number of rotatable bonds is 2. The molecule has 0 spiro atoms. The average molecular weight is 554 g/mol. The van der Waals surface area contributed by atoms with E-state index in [0.717, 1.165) is 28.5 Å². The number of nitrogens with zero attached hydrogens (tertiary/aromatic N) is 3. The smallest absolute Gasteiger partial charge is 0.161 e. The lowest BCUT2D eigenvalue weighted by Crippen LogP contribution is -2.19. The lowest BCUT2D eigenvalue weighted by Gasteiger charge is -2.24. The topological polar surface area (TPSA) is 30.7 Å². The average Bonchev–Trinajstić information content (AvgIpc) is 3.58. The molecule has 3 nitrogen and oxygen atoms in total. The van der Waals surface area contributed by atoms with E-state index in [-0.39, 0.29) is 10.8 Å². The first-order valence-electron chi connectivity index (χ1n) is 15.1. The molecule has 0 aliphatic heterocycles. The van der Waals surface area contributed by atoms with Gasteiger partial charge in [-0.15, -0.1) is 0 Å². The molecule has 2 aliphatic carbocycles. The third-order valence-electron chi connectivity index (χ3n) is 9.95. The summed E-state index contributed by atoms with van der Waals surface area (Å²) in [5.74, 6) is 1.71. The van der Waals surface area contributed by atoms with Gasteiger partial charge in [0.15, 0.2) is 5.82 Å². The van der Waals surface area contributed by atoms with Gasteiger partial charge in [-0.2, -0.15) is 0 Å². The molecule has 206 valence electrons. The molecule has 0 saturated heterocycles. The van der Waals surface area contributed by atoms with E-state index in [9.17, 15) is 0 Å². The summed E-state index contributed by atoms with van der Waals surface area (Å²) in [6.45, 7) is 9.34. The van der Waals surface area contributed by atoms with Crippen molar-refractivity contribution in [1.29, 1.82) is 0 Å². The molecule has 9 rings (SSSR count). The predicted octanol–water partition coefficient (Wildman–Crippen LogP) is 9.85. The predicted molar refractivity (Wildman–Crippen MR) is 177 cm³/mol. The maximum atomic E-state index is 5.50. The Morgan fingerprint density at radius 1 is 0.535 bits per heavy atom. The standard InChI is InChI=1S/C40H31N3/c1-39(2)30-19-11-8-16-25(30)27-22-23-28-26-17-10-13-21-32(26)43(35(28)34(27)39)38-33-29-18-9-12-20-31(29)40(3,4)36(33)41-37(42-38)24-14-6-5-7-15-24/h5-23H,1-4H3. The van der Waals surface area contributed by atoms with Gasteiger partial charge in [0, 0.05) is 32.7 Å². The number of benzene rings is 5. The molecule has 0 atom stereocenters. The van der Waals surface area contributed by atoms with Gasteiger partial charge in [-0.05, 0) is 39.4 Å². The third kappa shape index (κ3) is 3.09. The molecule has 0 saturated carbocycles. The minimum atomic E-state index is -0.261. The molecule has 2 aromatic heterocycles. The molecule has 0 N–H and O–H groups in total. The zero-order valence-corrected chi connectivity index (χ0v) is 24.8. The highest BCUT2D eigenvalue weighted by Crippen LogP contribution is 2.55. The van der Waals surface area contributed by atoms with Crippen molar-refractivity contribution in [1.82, 2.24) is 14.5 Å². The SMILES string of the molecule is CC1(C)c2ccccc2-c2c(-n3c4ccccc4c4ccc5c(c43)C(C)(C)c3ccccc3-5)nc(-c3ccccc3)nc21. The van der Waals surface area contributed by atoms with E-state index in [1.165, 1.54) is 55.2 Å². The van der Waals surface area contributed by atoms with Crippen LogP contribution >= 0.6 is 0 Å². The van der Waals surface area contributed by atoms with Crippen LogP contribution in [-0.4, -0.2) is 14.5 Å². The Bertz CT molecular complexity index is 2290. The Morgan fingerprint density at radius 3 is 1.98 bits per heavy atom. The van der Waals surface area contributed by atoms with Gasteiger partial charge in [0.1, 0.15) is 5.82 Å². The molecular weight excluding hydrogens is 522 g/mol. The second kappa shape index (κ2) is 8.29. The van der Waals surface area contributed by atoms with Crippen LogP contribution in [0.4, 0.5) is 0 Å². The Balaban J connectivity index is 1.50. The van der Waals surface area contributed by atoms with Crippen LogP contribution in [-0.2, 0) is 10.8 Å². The number of fused-ring (bicyclic) bond motifs is 10. The highest BCUT2D eigenvalue weighted by atomic mass is 15.1. The first kappa shape index (κ1) is 24.6. The van der Waals surface area contributed by atoms with Crippen LogP contribution in [0.5, 0.6) is 0 Å². The monoisotopic (exact) mass is 553 g/mol. The molecule has 0 unspecified atom stereocenters. The van der Waals surface area contributed by atoms with Crippen molar-refractivity contribution >= 4 is 21.8 Å². The molecule has 0 bridgehead atoms. The van der Waals surface area contributed by atoms with Gasteiger partial charge in [0.2, 0.25) is 0 Å². The lowest BCUT2D eigenvalue weighted by molar-refractivity contribution is 0.635. The van der Waals surface area contributed by atoms with Gasteiger partial charge in [0.25, 0.3) is 0 Å². The highest BCUT2D eigenvalue weighted by molar-refractivity contribution is 6.13. The zero-order chi connectivity index (χ0) is 29.1. The van der Waals surface area contributed by atoms with Crippen LogP contribution < -0.4 is 0 Å². The Labute approximate surface area is 251 Å². The number of hydrogen-bond acceptors (Lipinski definition) is 2. The van der Waals surface area contributed by atoms with E-state index in [2.05, 4.69) is 141 Å². The minimum absolute atomic E-state index is 0.173. The van der Waals surface area contributed by atoms with E-state index in [1.807, 2.05) is 6.07 Å². The van der Waals surface area contributed by atoms with Crippen molar-refractivity contribution in [3.05, 3.63) is 138 Å². The summed E-state index contributed by atoms with van der Waals surface area (Å²) in [7, 11) is 0. The van der Waals surface area contributed by atoms with Gasteiger partial charge in [-0.1, -0.05) is 137 Å². The van der Waals surface area contributed by atoms with Gasteiger partial charge >= 0.3 is 0 Å². The maximum absolute atomic E-state index is 5.50. The summed E-state index contributed by atoms with van der Waals surface area (Å²) in [6.07, 6.45) is 0. The van der Waals surface area contributed by atoms with E-state index < -0.39 is 0 Å². The van der Waals surface area contributed by atoms with Gasteiger partial charge in [-0.25, -0.2) is 9.97 Å². The van der Waals surface area contributed by atoms with Crippen LogP contribution in [0.15, 0.2) is 115 Å². The Hall–Kier alpha value is -5.02. The molecule has 7 aromatic rings. The summed E-state index contributed by atoms with van der Waals surface area (Å²) in [5.41, 5.74) is 13.1. The van der Waals surface area contributed by atoms with Crippen molar-refractivity contribution in [3.63, 3.8) is 0 Å². The first-order chi connectivity index (χ1) is 20.9. The van der Waals surface area contributed by atoms with Crippen LogP contribution in [0, 0.1) is 0 Å². The molecule has 0 amide bonds. The Morgan fingerprint density at radius 2 is 1.19 bits per heavy atom. The molecule has 3 heteroatoms. The van der Waals surface area contributed by atoms with Crippen molar-refractivity contribution in [2.75, 3.05) is 0 Å². The number of hydrogen-bond donors (Lipinski definition) is 0. The van der Waals surface area contributed by atoms with Crippen LogP contribution in [0.25, 0.3) is 61.3 Å². The first-order valence-corrected chi connectivity index (χ1v) is 15.1. The molecular formula is C40H31N3. The van der Waals surface area contributed by atoms with Gasteiger partial charge in [0.05, 0.1) is 16.7 Å². The zero-order valence-electron chi connectivity index (χ0n) is 24.8. The van der Waals surface area contributed by atoms with Crippen molar-refractivity contribution in [2.45, 2.75) is 38.5 Å². The normalized spacial score (nSPS) is 15.3. The van der Waals surface area contributed by atoms with Crippen molar-refractivity contribution in [2.24, 2.45) is 0 Å². The fourth-order valence-corrected chi connectivity index (χ4v) is 7.93. The fraction of sp³-hybridized carbons (Fsp3) is 0.150. The fourth-order valence-electron chi connectivity index (χ4n) is 7.93. The van der Waals surface area contributed by atoms with Gasteiger partial charge in [-0.3, -0.25) is 4.57 Å². The van der Waals surface area contributed by atoms with Gasteiger partial charge < -0.3 is 0 Å². The summed E-state index contributed by atoms with van der Waals surface area (Å²) in [4.78, 5) is 10.8. The largest absolute Gasteiger partial charge is 0.293 e. The lowest BCUT2D eigenvalue weighted by atomic mass is 9.81. The number of aromatic nitrogens is 3. The Kier molecular flexibility index (Phi) is 4.74. The van der Waals surface area contributed by atoms with Crippen molar-refractivity contribution < 1.29 is 0 Å². The summed E-state index contributed by atoms with van der Waals surface area (Å²) >= 11 is 0. The van der Waals surface area contributed by atoms with Crippen LogP contribution in [0.3, 0.4) is 0 Å². The second-order valence-electron chi connectivity index (χ2n) is 13.0. The summed E-state index contributed by atoms with van der Waals surface area (Å²) in [5, 5.41) is 2.50. The van der Waals surface area contributed by atoms with Crippen LogP contribution in [0.2, 0.25) is 0 Å². The molecule has 0 fully saturated rings. The maximum Gasteiger partial charge on any atom is 0.161 e. The highest BCUT2D eigenvalue weighted by Gasteiger charge is 2.42. The van der Waals surface area contributed by atoms with Crippen molar-refractivity contribution in [3.8, 4) is 39.5 Å². The number of para-hydroxylation sites is 1. The summed E-state index contributed by atoms with van der Waals surface area (Å²) < 4.78 is 2.46. The molecule has 5 aromatic carbocycles. The molecule has 2 heterocycles. The summed E-state index contributed by atoms with van der Waals surface area (Å²) in [6, 6.07) is 41.6. The minimum Gasteiger partial charge on any atom is -0.293 e. The van der Waals surface area contributed by atoms with E-state index in [0.29, 0.717) is 0 Å².